The van der Waals surface area contributed by atoms with Crippen molar-refractivity contribution in [1.82, 2.24) is 14.8 Å². The zero-order chi connectivity index (χ0) is 15.2. The number of hydrogen-bond acceptors (Lipinski definition) is 2. The lowest BCUT2D eigenvalue weighted by atomic mass is 9.85. The van der Waals surface area contributed by atoms with Gasteiger partial charge in [-0.1, -0.05) is 20.8 Å². The molecule has 0 radical (unpaired) electrons. The Morgan fingerprint density at radius 3 is 2.57 bits per heavy atom. The van der Waals surface area contributed by atoms with E-state index in [1.807, 2.05) is 23.9 Å². The molecule has 21 heavy (non-hydrogen) atoms. The summed E-state index contributed by atoms with van der Waals surface area (Å²) in [6, 6.07) is 1.97. The average Bonchev–Trinajstić information content (AvgIpc) is 3.16. The van der Waals surface area contributed by atoms with Crippen LogP contribution in [0.3, 0.4) is 0 Å². The van der Waals surface area contributed by atoms with Gasteiger partial charge < -0.3 is 0 Å². The van der Waals surface area contributed by atoms with Gasteiger partial charge in [-0.05, 0) is 42.7 Å². The molecule has 1 aliphatic rings. The van der Waals surface area contributed by atoms with Gasteiger partial charge in [-0.25, -0.2) is 4.98 Å². The predicted octanol–water partition coefficient (Wildman–Crippen LogP) is 4.28. The van der Waals surface area contributed by atoms with Gasteiger partial charge in [0, 0.05) is 18.3 Å². The van der Waals surface area contributed by atoms with Crippen molar-refractivity contribution in [2.24, 2.45) is 0 Å². The van der Waals surface area contributed by atoms with Gasteiger partial charge >= 0.3 is 0 Å². The van der Waals surface area contributed by atoms with Crippen LogP contribution in [0.2, 0.25) is 0 Å². The molecule has 0 bridgehead atoms. The van der Waals surface area contributed by atoms with Crippen LogP contribution in [0.25, 0.3) is 11.3 Å². The minimum absolute atomic E-state index is 0.0786. The first-order valence-electron chi connectivity index (χ1n) is 7.64. The molecule has 0 amide bonds. The molecule has 2 heterocycles. The fourth-order valence-corrected chi connectivity index (χ4v) is 2.73. The molecule has 0 unspecified atom stereocenters. The molecule has 0 aromatic carbocycles. The van der Waals surface area contributed by atoms with Crippen LogP contribution < -0.4 is 0 Å². The topological polar surface area (TPSA) is 30.7 Å². The summed E-state index contributed by atoms with van der Waals surface area (Å²) in [5, 5.41) is 4.43. The quantitative estimate of drug-likeness (QED) is 0.789. The van der Waals surface area contributed by atoms with Crippen LogP contribution in [-0.4, -0.2) is 14.8 Å². The monoisotopic (exact) mass is 287 g/mol. The largest absolute Gasteiger partial charge is 0.265 e. The minimum Gasteiger partial charge on any atom is -0.265 e. The molecule has 0 N–H and O–H groups in total. The van der Waals surface area contributed by atoms with E-state index in [4.69, 9.17) is 0 Å². The molecule has 112 valence electrons. The van der Waals surface area contributed by atoms with E-state index in [-0.39, 0.29) is 5.41 Å². The lowest BCUT2D eigenvalue weighted by Gasteiger charge is -2.20. The van der Waals surface area contributed by atoms with E-state index in [1.165, 1.54) is 12.8 Å². The first-order valence-corrected chi connectivity index (χ1v) is 7.64. The average molecular weight is 287 g/mol. The van der Waals surface area contributed by atoms with Crippen molar-refractivity contribution in [2.75, 3.05) is 0 Å². The number of pyridine rings is 1. The van der Waals surface area contributed by atoms with Gasteiger partial charge in [-0.2, -0.15) is 9.49 Å². The number of nitrogens with zero attached hydrogens (tertiary/aromatic N) is 3. The molecule has 0 spiro atoms. The SMILES string of the molecule is CCn1ncc(C(C)(C)C)c1-c1cc(C2CC2)cnc1F. The zero-order valence-corrected chi connectivity index (χ0v) is 13.2. The van der Waals surface area contributed by atoms with E-state index in [2.05, 4.69) is 30.9 Å². The Hall–Kier alpha value is -1.71. The van der Waals surface area contributed by atoms with Crippen LogP contribution in [0.15, 0.2) is 18.5 Å². The first kappa shape index (κ1) is 14.2. The van der Waals surface area contributed by atoms with E-state index in [9.17, 15) is 4.39 Å². The second-order valence-electron chi connectivity index (χ2n) is 6.85. The van der Waals surface area contributed by atoms with E-state index in [1.54, 1.807) is 6.20 Å². The maximum Gasteiger partial charge on any atom is 0.222 e. The van der Waals surface area contributed by atoms with E-state index in [0.717, 1.165) is 23.4 Å². The lowest BCUT2D eigenvalue weighted by Crippen LogP contribution is -2.13. The molecule has 4 heteroatoms. The molecule has 2 aromatic rings. The Morgan fingerprint density at radius 2 is 2.00 bits per heavy atom. The van der Waals surface area contributed by atoms with Crippen LogP contribution in [0.5, 0.6) is 0 Å². The fraction of sp³-hybridized carbons (Fsp3) is 0.529. The molecule has 3 nitrogen and oxygen atoms in total. The zero-order valence-electron chi connectivity index (χ0n) is 13.2. The first-order chi connectivity index (χ1) is 9.91. The maximum absolute atomic E-state index is 14.3. The standard InChI is InChI=1S/C17H22FN3/c1-5-21-15(14(10-20-21)17(2,3)4)13-8-12(11-6-7-11)9-19-16(13)18/h8-11H,5-7H2,1-4H3. The van der Waals surface area contributed by atoms with E-state index >= 15 is 0 Å². The summed E-state index contributed by atoms with van der Waals surface area (Å²) in [4.78, 5) is 3.99. The molecule has 1 fully saturated rings. The fourth-order valence-electron chi connectivity index (χ4n) is 2.73. The van der Waals surface area contributed by atoms with Gasteiger partial charge in [0.1, 0.15) is 0 Å². The number of halogens is 1. The Bertz CT molecular complexity index is 663. The molecule has 1 saturated carbocycles. The summed E-state index contributed by atoms with van der Waals surface area (Å²) >= 11 is 0. The third kappa shape index (κ3) is 2.59. The minimum atomic E-state index is -0.403. The molecule has 0 saturated heterocycles. The molecule has 1 aliphatic carbocycles. The second kappa shape index (κ2) is 4.93. The van der Waals surface area contributed by atoms with Gasteiger partial charge in [-0.15, -0.1) is 0 Å². The van der Waals surface area contributed by atoms with Crippen molar-refractivity contribution in [1.29, 1.82) is 0 Å². The van der Waals surface area contributed by atoms with Crippen molar-refractivity contribution in [3.05, 3.63) is 35.5 Å². The van der Waals surface area contributed by atoms with Gasteiger partial charge in [0.2, 0.25) is 5.95 Å². The van der Waals surface area contributed by atoms with Crippen LogP contribution in [0.1, 0.15) is 57.6 Å². The Balaban J connectivity index is 2.19. The second-order valence-corrected chi connectivity index (χ2v) is 6.85. The highest BCUT2D eigenvalue weighted by atomic mass is 19.1. The summed E-state index contributed by atoms with van der Waals surface area (Å²) in [6.45, 7) is 9.13. The molecule has 3 rings (SSSR count). The van der Waals surface area contributed by atoms with Crippen LogP contribution in [0.4, 0.5) is 4.39 Å². The smallest absolute Gasteiger partial charge is 0.222 e. The molecule has 0 atom stereocenters. The number of aromatic nitrogens is 3. The van der Waals surface area contributed by atoms with Crippen LogP contribution in [-0.2, 0) is 12.0 Å². The number of hydrogen-bond donors (Lipinski definition) is 0. The number of rotatable bonds is 3. The Labute approximate surface area is 125 Å². The van der Waals surface area contributed by atoms with E-state index < -0.39 is 5.95 Å². The van der Waals surface area contributed by atoms with Gasteiger partial charge in [0.15, 0.2) is 0 Å². The summed E-state index contributed by atoms with van der Waals surface area (Å²) in [5.74, 6) is 0.160. The summed E-state index contributed by atoms with van der Waals surface area (Å²) < 4.78 is 16.2. The Kier molecular flexibility index (Phi) is 3.34. The van der Waals surface area contributed by atoms with E-state index in [0.29, 0.717) is 11.5 Å². The molecular weight excluding hydrogens is 265 g/mol. The summed E-state index contributed by atoms with van der Waals surface area (Å²) in [6.07, 6.45) is 5.92. The van der Waals surface area contributed by atoms with Gasteiger partial charge in [0.25, 0.3) is 0 Å². The lowest BCUT2D eigenvalue weighted by molar-refractivity contribution is 0.572. The highest BCUT2D eigenvalue weighted by Crippen LogP contribution is 2.42. The van der Waals surface area contributed by atoms with Crippen LogP contribution >= 0.6 is 0 Å². The summed E-state index contributed by atoms with van der Waals surface area (Å²) in [5.41, 5.74) is 3.60. The van der Waals surface area contributed by atoms with Crippen molar-refractivity contribution in [2.45, 2.75) is 58.4 Å². The summed E-state index contributed by atoms with van der Waals surface area (Å²) in [7, 11) is 0. The van der Waals surface area contributed by atoms with Crippen molar-refractivity contribution in [3.63, 3.8) is 0 Å². The third-order valence-corrected chi connectivity index (χ3v) is 4.11. The number of aryl methyl sites for hydroxylation is 1. The highest BCUT2D eigenvalue weighted by molar-refractivity contribution is 5.65. The highest BCUT2D eigenvalue weighted by Gasteiger charge is 2.28. The van der Waals surface area contributed by atoms with Crippen molar-refractivity contribution < 1.29 is 4.39 Å². The van der Waals surface area contributed by atoms with Crippen molar-refractivity contribution in [3.8, 4) is 11.3 Å². The predicted molar refractivity (Wildman–Crippen MR) is 81.8 cm³/mol. The molecule has 2 aromatic heterocycles. The van der Waals surface area contributed by atoms with Gasteiger partial charge in [-0.3, -0.25) is 4.68 Å². The Morgan fingerprint density at radius 1 is 1.29 bits per heavy atom. The molecule has 0 aliphatic heterocycles. The normalized spacial score (nSPS) is 15.5. The molecular formula is C17H22FN3. The third-order valence-electron chi connectivity index (χ3n) is 4.11. The van der Waals surface area contributed by atoms with Gasteiger partial charge in [0.05, 0.1) is 17.5 Å². The van der Waals surface area contributed by atoms with Crippen LogP contribution in [0, 0.1) is 5.95 Å². The maximum atomic E-state index is 14.3. The van der Waals surface area contributed by atoms with Crippen molar-refractivity contribution >= 4 is 0 Å².